The number of rotatable bonds is 2. The highest BCUT2D eigenvalue weighted by Crippen LogP contribution is 2.22. The number of aromatic amines is 1. The molecule has 0 aliphatic heterocycles. The van der Waals surface area contributed by atoms with E-state index in [4.69, 9.17) is 4.74 Å². The summed E-state index contributed by atoms with van der Waals surface area (Å²) in [6, 6.07) is 3.89. The van der Waals surface area contributed by atoms with E-state index in [0.717, 1.165) is 16.8 Å². The number of nitrogens with zero attached hydrogens (tertiary/aromatic N) is 1. The topological polar surface area (TPSA) is 37.9 Å². The monoisotopic (exact) mass is 162 g/mol. The lowest BCUT2D eigenvalue weighted by atomic mass is 10.3. The van der Waals surface area contributed by atoms with E-state index in [9.17, 15) is 0 Å². The predicted molar refractivity (Wildman–Crippen MR) is 47.3 cm³/mol. The maximum Gasteiger partial charge on any atom is 0.146 e. The van der Waals surface area contributed by atoms with Crippen molar-refractivity contribution in [1.82, 2.24) is 9.97 Å². The summed E-state index contributed by atoms with van der Waals surface area (Å²) in [6.45, 7) is 2.65. The van der Waals surface area contributed by atoms with Gasteiger partial charge in [-0.25, -0.2) is 4.98 Å². The van der Waals surface area contributed by atoms with Crippen LogP contribution in [0, 0.1) is 0 Å². The molecule has 62 valence electrons. The first-order chi connectivity index (χ1) is 5.92. The lowest BCUT2D eigenvalue weighted by Gasteiger charge is -1.97. The number of H-pyrrole nitrogens is 1. The summed E-state index contributed by atoms with van der Waals surface area (Å²) in [7, 11) is 0. The Hall–Kier alpha value is -1.51. The molecular formula is C9H10N2O. The van der Waals surface area contributed by atoms with Crippen molar-refractivity contribution in [2.75, 3.05) is 6.61 Å². The molecule has 0 saturated heterocycles. The Morgan fingerprint density at radius 3 is 3.33 bits per heavy atom. The first kappa shape index (κ1) is 7.16. The van der Waals surface area contributed by atoms with E-state index in [-0.39, 0.29) is 0 Å². The zero-order chi connectivity index (χ0) is 8.39. The van der Waals surface area contributed by atoms with Crippen molar-refractivity contribution in [1.29, 1.82) is 0 Å². The number of fused-ring (bicyclic) bond motifs is 1. The molecular weight excluding hydrogens is 152 g/mol. The highest BCUT2D eigenvalue weighted by molar-refractivity contribution is 5.82. The van der Waals surface area contributed by atoms with Crippen LogP contribution in [0.15, 0.2) is 24.5 Å². The fourth-order valence-electron chi connectivity index (χ4n) is 1.21. The minimum atomic E-state index is 0.682. The van der Waals surface area contributed by atoms with Gasteiger partial charge in [0.15, 0.2) is 0 Å². The third-order valence-corrected chi connectivity index (χ3v) is 1.71. The van der Waals surface area contributed by atoms with E-state index >= 15 is 0 Å². The fourth-order valence-corrected chi connectivity index (χ4v) is 1.21. The summed E-state index contributed by atoms with van der Waals surface area (Å²) < 4.78 is 5.39. The summed E-state index contributed by atoms with van der Waals surface area (Å²) >= 11 is 0. The van der Waals surface area contributed by atoms with E-state index in [1.807, 2.05) is 25.3 Å². The van der Waals surface area contributed by atoms with Gasteiger partial charge >= 0.3 is 0 Å². The fraction of sp³-hybridized carbons (Fsp3) is 0.222. The van der Waals surface area contributed by atoms with E-state index in [0.29, 0.717) is 6.61 Å². The molecule has 2 aromatic rings. The summed E-state index contributed by atoms with van der Waals surface area (Å²) in [6.07, 6.45) is 3.59. The lowest BCUT2D eigenvalue weighted by molar-refractivity contribution is 0.344. The lowest BCUT2D eigenvalue weighted by Crippen LogP contribution is -1.89. The Morgan fingerprint density at radius 1 is 1.58 bits per heavy atom. The molecule has 12 heavy (non-hydrogen) atoms. The average Bonchev–Trinajstić information content (AvgIpc) is 2.50. The summed E-state index contributed by atoms with van der Waals surface area (Å²) in [5.41, 5.74) is 0.876. The van der Waals surface area contributed by atoms with Crippen molar-refractivity contribution in [3.8, 4) is 5.75 Å². The predicted octanol–water partition coefficient (Wildman–Crippen LogP) is 1.96. The second-order valence-corrected chi connectivity index (χ2v) is 2.49. The molecule has 0 unspecified atom stereocenters. The van der Waals surface area contributed by atoms with Crippen LogP contribution in [0.25, 0.3) is 11.0 Å². The van der Waals surface area contributed by atoms with Gasteiger partial charge in [0.05, 0.1) is 12.0 Å². The maximum atomic E-state index is 5.39. The molecule has 2 heterocycles. The molecule has 2 aromatic heterocycles. The molecule has 0 amide bonds. The molecule has 2 rings (SSSR count). The highest BCUT2D eigenvalue weighted by atomic mass is 16.5. The van der Waals surface area contributed by atoms with Crippen molar-refractivity contribution in [2.45, 2.75) is 6.92 Å². The first-order valence-corrected chi connectivity index (χ1v) is 3.96. The second-order valence-electron chi connectivity index (χ2n) is 2.49. The minimum Gasteiger partial charge on any atom is -0.492 e. The molecule has 0 fully saturated rings. The van der Waals surface area contributed by atoms with Crippen molar-refractivity contribution >= 4 is 11.0 Å². The van der Waals surface area contributed by atoms with Gasteiger partial charge in [0.25, 0.3) is 0 Å². The van der Waals surface area contributed by atoms with Gasteiger partial charge in [0, 0.05) is 12.4 Å². The number of hydrogen-bond acceptors (Lipinski definition) is 2. The normalized spacial score (nSPS) is 10.4. The van der Waals surface area contributed by atoms with E-state index in [2.05, 4.69) is 9.97 Å². The Labute approximate surface area is 70.4 Å². The zero-order valence-corrected chi connectivity index (χ0v) is 6.87. The van der Waals surface area contributed by atoms with Crippen LogP contribution >= 0.6 is 0 Å². The minimum absolute atomic E-state index is 0.682. The largest absolute Gasteiger partial charge is 0.492 e. The molecule has 0 aliphatic carbocycles. The quantitative estimate of drug-likeness (QED) is 0.733. The molecule has 0 aliphatic rings. The van der Waals surface area contributed by atoms with E-state index < -0.39 is 0 Å². The highest BCUT2D eigenvalue weighted by Gasteiger charge is 2.02. The second kappa shape index (κ2) is 2.85. The van der Waals surface area contributed by atoms with Crippen LogP contribution < -0.4 is 4.74 Å². The number of hydrogen-bond donors (Lipinski definition) is 1. The van der Waals surface area contributed by atoms with Gasteiger partial charge < -0.3 is 9.72 Å². The SMILES string of the molecule is CCOc1c[nH]c2ncccc12. The molecule has 0 radical (unpaired) electrons. The van der Waals surface area contributed by atoms with Gasteiger partial charge in [-0.1, -0.05) is 0 Å². The number of pyridine rings is 1. The van der Waals surface area contributed by atoms with Crippen LogP contribution in [0.2, 0.25) is 0 Å². The zero-order valence-electron chi connectivity index (χ0n) is 6.87. The van der Waals surface area contributed by atoms with Crippen molar-refractivity contribution in [3.63, 3.8) is 0 Å². The van der Waals surface area contributed by atoms with Gasteiger partial charge in [0.2, 0.25) is 0 Å². The van der Waals surface area contributed by atoms with E-state index in [1.54, 1.807) is 6.20 Å². The van der Waals surface area contributed by atoms with Crippen molar-refractivity contribution < 1.29 is 4.74 Å². The Morgan fingerprint density at radius 2 is 2.50 bits per heavy atom. The van der Waals surface area contributed by atoms with Gasteiger partial charge in [-0.05, 0) is 19.1 Å². The Bertz CT molecular complexity index is 381. The molecule has 3 heteroatoms. The molecule has 0 saturated carbocycles. The van der Waals surface area contributed by atoms with Gasteiger partial charge in [0.1, 0.15) is 11.4 Å². The van der Waals surface area contributed by atoms with Gasteiger partial charge in [-0.2, -0.15) is 0 Å². The Kier molecular flexibility index (Phi) is 1.70. The van der Waals surface area contributed by atoms with Crippen LogP contribution in [-0.2, 0) is 0 Å². The number of nitrogens with one attached hydrogen (secondary N) is 1. The molecule has 0 spiro atoms. The van der Waals surface area contributed by atoms with Crippen molar-refractivity contribution in [2.24, 2.45) is 0 Å². The van der Waals surface area contributed by atoms with Crippen LogP contribution in [0.4, 0.5) is 0 Å². The van der Waals surface area contributed by atoms with Crippen molar-refractivity contribution in [3.05, 3.63) is 24.5 Å². The summed E-state index contributed by atoms with van der Waals surface area (Å²) in [5, 5.41) is 1.04. The molecule has 1 N–H and O–H groups in total. The maximum absolute atomic E-state index is 5.39. The van der Waals surface area contributed by atoms with Crippen LogP contribution in [-0.4, -0.2) is 16.6 Å². The third kappa shape index (κ3) is 1.03. The molecule has 3 nitrogen and oxygen atoms in total. The van der Waals surface area contributed by atoms with Crippen LogP contribution in [0.1, 0.15) is 6.92 Å². The molecule has 0 aromatic carbocycles. The summed E-state index contributed by atoms with van der Waals surface area (Å²) in [4.78, 5) is 7.19. The standard InChI is InChI=1S/C9H10N2O/c1-2-12-8-6-11-9-7(8)4-3-5-10-9/h3-6H,2H2,1H3,(H,10,11). The first-order valence-electron chi connectivity index (χ1n) is 3.96. The van der Waals surface area contributed by atoms with Crippen LogP contribution in [0.5, 0.6) is 5.75 Å². The summed E-state index contributed by atoms with van der Waals surface area (Å²) in [5.74, 6) is 0.876. The molecule has 0 atom stereocenters. The molecule has 0 bridgehead atoms. The third-order valence-electron chi connectivity index (χ3n) is 1.71. The van der Waals surface area contributed by atoms with Gasteiger partial charge in [-0.15, -0.1) is 0 Å². The number of ether oxygens (including phenoxy) is 1. The Balaban J connectivity index is 2.55. The number of aromatic nitrogens is 2. The van der Waals surface area contributed by atoms with Gasteiger partial charge in [-0.3, -0.25) is 0 Å². The van der Waals surface area contributed by atoms with E-state index in [1.165, 1.54) is 0 Å². The van der Waals surface area contributed by atoms with Crippen LogP contribution in [0.3, 0.4) is 0 Å². The average molecular weight is 162 g/mol. The smallest absolute Gasteiger partial charge is 0.146 e.